The first-order valence-corrected chi connectivity index (χ1v) is 12.4. The Balaban J connectivity index is 1.33. The van der Waals surface area contributed by atoms with Crippen molar-refractivity contribution in [1.29, 1.82) is 0 Å². The van der Waals surface area contributed by atoms with E-state index < -0.39 is 11.7 Å². The first-order valence-electron chi connectivity index (χ1n) is 12.4. The van der Waals surface area contributed by atoms with Gasteiger partial charge in [-0.2, -0.15) is 9.78 Å². The van der Waals surface area contributed by atoms with Gasteiger partial charge in [-0.05, 0) is 48.5 Å². The van der Waals surface area contributed by atoms with Crippen LogP contribution in [0.25, 0.3) is 33.5 Å². The van der Waals surface area contributed by atoms with Crippen molar-refractivity contribution in [3.8, 4) is 17.3 Å². The number of hydrogen-bond donors (Lipinski definition) is 1. The Morgan fingerprint density at radius 1 is 0.975 bits per heavy atom. The maximum atomic E-state index is 13.9. The van der Waals surface area contributed by atoms with Gasteiger partial charge < -0.3 is 14.5 Å². The predicted octanol–water partition coefficient (Wildman–Crippen LogP) is 5.85. The average Bonchev–Trinajstić information content (AvgIpc) is 3.41. The number of amides is 1. The molecule has 0 radical (unpaired) electrons. The van der Waals surface area contributed by atoms with Crippen molar-refractivity contribution in [2.24, 2.45) is 5.10 Å². The number of para-hydroxylation sites is 4. The zero-order valence-corrected chi connectivity index (χ0v) is 21.0. The summed E-state index contributed by atoms with van der Waals surface area (Å²) in [6, 6.07) is 29.1. The van der Waals surface area contributed by atoms with E-state index in [1.807, 2.05) is 30.3 Å². The lowest BCUT2D eigenvalue weighted by atomic mass is 10.2. The van der Waals surface area contributed by atoms with Crippen molar-refractivity contribution in [2.45, 2.75) is 0 Å². The van der Waals surface area contributed by atoms with Crippen LogP contribution in [-0.4, -0.2) is 28.4 Å². The Bertz CT molecular complexity index is 1930. The molecule has 0 unspecified atom stereocenters. The summed E-state index contributed by atoms with van der Waals surface area (Å²) >= 11 is 0. The fourth-order valence-corrected chi connectivity index (χ4v) is 4.21. The van der Waals surface area contributed by atoms with Gasteiger partial charge in [-0.25, -0.2) is 9.37 Å². The van der Waals surface area contributed by atoms with Gasteiger partial charge in [-0.1, -0.05) is 54.6 Å². The minimum atomic E-state index is -0.543. The number of carbonyl (C=O) groups is 1. The fourth-order valence-electron chi connectivity index (χ4n) is 4.21. The van der Waals surface area contributed by atoms with Crippen molar-refractivity contribution in [3.63, 3.8) is 0 Å². The number of benzene rings is 4. The Morgan fingerprint density at radius 3 is 2.60 bits per heavy atom. The summed E-state index contributed by atoms with van der Waals surface area (Å²) in [5.41, 5.74) is 1.37. The molecule has 1 amide bonds. The maximum Gasteiger partial charge on any atom is 0.282 e. The molecule has 9 heteroatoms. The topological polar surface area (TPSA) is 98.7 Å². The molecular weight excluding hydrogens is 511 g/mol. The molecule has 40 heavy (non-hydrogen) atoms. The molecule has 0 aliphatic rings. The number of aromatic nitrogens is 2. The summed E-state index contributed by atoms with van der Waals surface area (Å²) in [6.45, 7) is -0.360. The smallest absolute Gasteiger partial charge is 0.282 e. The largest absolute Gasteiger partial charge is 0.483 e. The van der Waals surface area contributed by atoms with Crippen molar-refractivity contribution in [3.05, 3.63) is 125 Å². The number of hydrogen-bond acceptors (Lipinski definition) is 6. The third-order valence-corrected chi connectivity index (χ3v) is 6.14. The summed E-state index contributed by atoms with van der Waals surface area (Å²) in [5.74, 6) is -0.103. The van der Waals surface area contributed by atoms with Gasteiger partial charge in [-0.3, -0.25) is 9.59 Å². The normalized spacial score (nSPS) is 11.3. The first-order chi connectivity index (χ1) is 19.6. The van der Waals surface area contributed by atoms with Gasteiger partial charge in [0.25, 0.3) is 11.5 Å². The SMILES string of the molecule is O=C(COc1ccccc1C=Nn1c(-c2cc3ccccc3o2)nc2ccccc2c1=O)Nc1ccccc1F. The molecule has 8 nitrogen and oxygen atoms in total. The molecule has 2 aromatic heterocycles. The Hall–Kier alpha value is -5.57. The molecule has 196 valence electrons. The Kier molecular flexibility index (Phi) is 6.60. The second kappa shape index (κ2) is 10.7. The third-order valence-electron chi connectivity index (χ3n) is 6.14. The number of anilines is 1. The molecule has 4 aromatic carbocycles. The number of nitrogens with one attached hydrogen (secondary N) is 1. The van der Waals surface area contributed by atoms with Gasteiger partial charge >= 0.3 is 0 Å². The summed E-state index contributed by atoms with van der Waals surface area (Å²) in [6.07, 6.45) is 1.45. The lowest BCUT2D eigenvalue weighted by molar-refractivity contribution is -0.118. The van der Waals surface area contributed by atoms with E-state index in [0.717, 1.165) is 5.39 Å². The fraction of sp³-hybridized carbons (Fsp3) is 0.0323. The number of ether oxygens (including phenoxy) is 1. The minimum absolute atomic E-state index is 0.0623. The third kappa shape index (κ3) is 4.95. The van der Waals surface area contributed by atoms with Crippen LogP contribution in [0.4, 0.5) is 10.1 Å². The number of nitrogens with zero attached hydrogens (tertiary/aromatic N) is 3. The molecule has 6 rings (SSSR count). The minimum Gasteiger partial charge on any atom is -0.483 e. The summed E-state index contributed by atoms with van der Waals surface area (Å²) < 4.78 is 26.8. The van der Waals surface area contributed by atoms with Gasteiger partial charge in [0.15, 0.2) is 12.4 Å². The van der Waals surface area contributed by atoms with E-state index in [0.29, 0.717) is 33.6 Å². The van der Waals surface area contributed by atoms with E-state index in [4.69, 9.17) is 9.15 Å². The van der Waals surface area contributed by atoms with Crippen LogP contribution in [0, 0.1) is 5.82 Å². The van der Waals surface area contributed by atoms with E-state index in [2.05, 4.69) is 15.4 Å². The van der Waals surface area contributed by atoms with Crippen molar-refractivity contribution >= 4 is 39.7 Å². The summed E-state index contributed by atoms with van der Waals surface area (Å²) in [7, 11) is 0. The number of furan rings is 1. The van der Waals surface area contributed by atoms with Crippen LogP contribution in [0.3, 0.4) is 0 Å². The highest BCUT2D eigenvalue weighted by Gasteiger charge is 2.16. The van der Waals surface area contributed by atoms with Crippen LogP contribution in [0.2, 0.25) is 0 Å². The molecule has 0 aliphatic carbocycles. The van der Waals surface area contributed by atoms with Crippen molar-refractivity contribution < 1.29 is 18.3 Å². The molecule has 1 N–H and O–H groups in total. The lowest BCUT2D eigenvalue weighted by Gasteiger charge is -2.10. The van der Waals surface area contributed by atoms with Gasteiger partial charge in [0, 0.05) is 10.9 Å². The van der Waals surface area contributed by atoms with Gasteiger partial charge in [0.1, 0.15) is 17.1 Å². The molecule has 0 atom stereocenters. The quantitative estimate of drug-likeness (QED) is 0.260. The van der Waals surface area contributed by atoms with E-state index in [9.17, 15) is 14.0 Å². The molecule has 0 aliphatic heterocycles. The Labute approximate surface area is 227 Å². The highest BCUT2D eigenvalue weighted by atomic mass is 19.1. The standard InChI is InChI=1S/C31H21FN4O4/c32-23-12-4-6-14-25(23)34-29(37)19-39-26-15-7-2-10-21(26)18-33-36-30(28-17-20-9-1-8-16-27(20)40-28)35-24-13-5-3-11-22(24)31(36)38/h1-18H,19H2,(H,34,37). The molecule has 6 aromatic rings. The monoisotopic (exact) mass is 532 g/mol. The zero-order valence-electron chi connectivity index (χ0n) is 21.0. The van der Waals surface area contributed by atoms with Crippen LogP contribution in [0.1, 0.15) is 5.56 Å². The number of rotatable bonds is 7. The van der Waals surface area contributed by atoms with Crippen LogP contribution in [-0.2, 0) is 4.79 Å². The second-order valence-corrected chi connectivity index (χ2v) is 8.82. The number of fused-ring (bicyclic) bond motifs is 2. The van der Waals surface area contributed by atoms with Gasteiger partial charge in [-0.15, -0.1) is 0 Å². The predicted molar refractivity (Wildman–Crippen MR) is 151 cm³/mol. The average molecular weight is 533 g/mol. The van der Waals surface area contributed by atoms with Crippen molar-refractivity contribution in [1.82, 2.24) is 9.66 Å². The molecular formula is C31H21FN4O4. The van der Waals surface area contributed by atoms with E-state index in [-0.39, 0.29) is 23.7 Å². The number of carbonyl (C=O) groups excluding carboxylic acids is 1. The lowest BCUT2D eigenvalue weighted by Crippen LogP contribution is -2.21. The molecule has 0 saturated heterocycles. The number of halogens is 1. The van der Waals surface area contributed by atoms with E-state index in [1.54, 1.807) is 54.6 Å². The van der Waals surface area contributed by atoms with Crippen LogP contribution < -0.4 is 15.6 Å². The molecule has 2 heterocycles. The summed E-state index contributed by atoms with van der Waals surface area (Å²) in [4.78, 5) is 30.6. The highest BCUT2D eigenvalue weighted by Crippen LogP contribution is 2.27. The van der Waals surface area contributed by atoms with Crippen LogP contribution in [0.5, 0.6) is 5.75 Å². The first kappa shape index (κ1) is 24.7. The highest BCUT2D eigenvalue weighted by molar-refractivity contribution is 5.92. The van der Waals surface area contributed by atoms with E-state index in [1.165, 1.54) is 29.1 Å². The van der Waals surface area contributed by atoms with E-state index >= 15 is 0 Å². The van der Waals surface area contributed by atoms with Crippen LogP contribution in [0.15, 0.2) is 117 Å². The van der Waals surface area contributed by atoms with Crippen molar-refractivity contribution in [2.75, 3.05) is 11.9 Å². The van der Waals surface area contributed by atoms with Gasteiger partial charge in [0.2, 0.25) is 5.82 Å². The zero-order chi connectivity index (χ0) is 27.5. The molecule has 0 spiro atoms. The molecule has 0 bridgehead atoms. The molecule has 0 saturated carbocycles. The van der Waals surface area contributed by atoms with Crippen LogP contribution >= 0.6 is 0 Å². The molecule has 0 fully saturated rings. The van der Waals surface area contributed by atoms with Gasteiger partial charge in [0.05, 0.1) is 22.8 Å². The summed E-state index contributed by atoms with van der Waals surface area (Å²) in [5, 5.41) is 8.21. The maximum absolute atomic E-state index is 13.9. The Morgan fingerprint density at radius 2 is 1.73 bits per heavy atom. The second-order valence-electron chi connectivity index (χ2n) is 8.82.